The van der Waals surface area contributed by atoms with Crippen LogP contribution in [0.25, 0.3) is 0 Å². The first-order valence-corrected chi connectivity index (χ1v) is 10.0. The van der Waals surface area contributed by atoms with Gasteiger partial charge in [0.1, 0.15) is 10.7 Å². The molecule has 0 bridgehead atoms. The van der Waals surface area contributed by atoms with E-state index in [0.717, 1.165) is 31.7 Å². The van der Waals surface area contributed by atoms with Crippen molar-refractivity contribution in [2.45, 2.75) is 23.7 Å². The highest BCUT2D eigenvalue weighted by Gasteiger charge is 2.21. The number of sulfonamides is 1. The van der Waals surface area contributed by atoms with Crippen LogP contribution in [0, 0.1) is 0 Å². The van der Waals surface area contributed by atoms with Crippen molar-refractivity contribution in [3.63, 3.8) is 0 Å². The summed E-state index contributed by atoms with van der Waals surface area (Å²) >= 11 is 1.30. The van der Waals surface area contributed by atoms with Crippen LogP contribution in [0.3, 0.4) is 0 Å². The van der Waals surface area contributed by atoms with Crippen LogP contribution in [0.4, 0.5) is 10.9 Å². The Morgan fingerprint density at radius 3 is 2.67 bits per heavy atom. The lowest BCUT2D eigenvalue weighted by molar-refractivity contribution is 0.0846. The minimum absolute atomic E-state index is 0.121. The van der Waals surface area contributed by atoms with Gasteiger partial charge in [0.2, 0.25) is 0 Å². The Kier molecular flexibility index (Phi) is 5.02. The molecule has 0 radical (unpaired) electrons. The number of hydrogen-bond acceptors (Lipinski definition) is 7. The molecule has 0 aliphatic carbocycles. The average Bonchev–Trinajstić information content (AvgIpc) is 3.03. The molecule has 0 aromatic carbocycles. The van der Waals surface area contributed by atoms with E-state index in [0.29, 0.717) is 16.9 Å². The van der Waals surface area contributed by atoms with Crippen LogP contribution >= 0.6 is 11.3 Å². The fourth-order valence-electron chi connectivity index (χ4n) is 2.48. The Morgan fingerprint density at radius 1 is 1.29 bits per heavy atom. The predicted octanol–water partition coefficient (Wildman–Crippen LogP) is 2.30. The summed E-state index contributed by atoms with van der Waals surface area (Å²) in [4.78, 5) is 10.5. The fourth-order valence-corrected chi connectivity index (χ4v) is 4.47. The van der Waals surface area contributed by atoms with Crippen molar-refractivity contribution < 1.29 is 13.2 Å². The third kappa shape index (κ3) is 3.85. The number of nitrogens with one attached hydrogen (secondary N) is 1. The van der Waals surface area contributed by atoms with Gasteiger partial charge in [0.15, 0.2) is 5.13 Å². The van der Waals surface area contributed by atoms with Gasteiger partial charge in [0.25, 0.3) is 10.0 Å². The van der Waals surface area contributed by atoms with Crippen LogP contribution in [0.15, 0.2) is 28.6 Å². The number of ether oxygens (including phenoxy) is 1. The van der Waals surface area contributed by atoms with Crippen molar-refractivity contribution in [3.8, 4) is 0 Å². The summed E-state index contributed by atoms with van der Waals surface area (Å²) in [6, 6.07) is 3.21. The van der Waals surface area contributed by atoms with Gasteiger partial charge in [-0.3, -0.25) is 4.72 Å². The van der Waals surface area contributed by atoms with Gasteiger partial charge >= 0.3 is 0 Å². The zero-order valence-corrected chi connectivity index (χ0v) is 15.2. The topological polar surface area (TPSA) is 84.4 Å². The number of aromatic nitrogens is 2. The molecule has 1 aliphatic rings. The van der Waals surface area contributed by atoms with E-state index in [9.17, 15) is 8.42 Å². The SMILES string of the molecule is CN(C)c1ccc(S(=O)(=O)Nc2nc(C3CCOCC3)cs2)cn1. The number of rotatable bonds is 5. The number of hydrogen-bond donors (Lipinski definition) is 1. The smallest absolute Gasteiger partial charge is 0.265 e. The molecule has 0 amide bonds. The summed E-state index contributed by atoms with van der Waals surface area (Å²) in [5.74, 6) is 1.04. The van der Waals surface area contributed by atoms with Crippen LogP contribution < -0.4 is 9.62 Å². The van der Waals surface area contributed by atoms with Crippen LogP contribution in [0.5, 0.6) is 0 Å². The van der Waals surface area contributed by atoms with E-state index in [1.807, 2.05) is 24.4 Å². The zero-order valence-electron chi connectivity index (χ0n) is 13.6. The van der Waals surface area contributed by atoms with Gasteiger partial charge in [-0.2, -0.15) is 0 Å². The highest BCUT2D eigenvalue weighted by atomic mass is 32.2. The van der Waals surface area contributed by atoms with Crippen molar-refractivity contribution >= 4 is 32.3 Å². The summed E-state index contributed by atoms with van der Waals surface area (Å²) in [6.45, 7) is 1.46. The molecule has 2 aromatic heterocycles. The van der Waals surface area contributed by atoms with Crippen LogP contribution in [0.2, 0.25) is 0 Å². The van der Waals surface area contributed by atoms with Gasteiger partial charge in [-0.1, -0.05) is 0 Å². The molecule has 7 nitrogen and oxygen atoms in total. The van der Waals surface area contributed by atoms with E-state index in [4.69, 9.17) is 4.74 Å². The summed E-state index contributed by atoms with van der Waals surface area (Å²) in [7, 11) is 0.0177. The highest BCUT2D eigenvalue weighted by molar-refractivity contribution is 7.93. The quantitative estimate of drug-likeness (QED) is 0.872. The monoisotopic (exact) mass is 368 g/mol. The van der Waals surface area contributed by atoms with Gasteiger partial charge in [-0.05, 0) is 25.0 Å². The molecule has 9 heteroatoms. The second-order valence-corrected chi connectivity index (χ2v) is 8.36. The van der Waals surface area contributed by atoms with Gasteiger partial charge in [-0.15, -0.1) is 11.3 Å². The Bertz CT molecular complexity index is 781. The first-order chi connectivity index (χ1) is 11.5. The molecule has 1 saturated heterocycles. The summed E-state index contributed by atoms with van der Waals surface area (Å²) in [5.41, 5.74) is 0.932. The van der Waals surface area contributed by atoms with Crippen molar-refractivity contribution in [1.82, 2.24) is 9.97 Å². The van der Waals surface area contributed by atoms with Crippen molar-refractivity contribution in [2.24, 2.45) is 0 Å². The molecule has 0 atom stereocenters. The Morgan fingerprint density at radius 2 is 2.04 bits per heavy atom. The molecular formula is C15H20N4O3S2. The summed E-state index contributed by atoms with van der Waals surface area (Å²) in [5, 5.41) is 2.30. The standard InChI is InChI=1S/C15H20N4O3S2/c1-19(2)14-4-3-12(9-16-14)24(20,21)18-15-17-13(10-23-15)11-5-7-22-8-6-11/h3-4,9-11H,5-8H2,1-2H3,(H,17,18). The number of pyridine rings is 1. The van der Waals surface area contributed by atoms with Crippen LogP contribution in [-0.4, -0.2) is 45.7 Å². The number of anilines is 2. The van der Waals surface area contributed by atoms with Crippen LogP contribution in [0.1, 0.15) is 24.5 Å². The lowest BCUT2D eigenvalue weighted by Gasteiger charge is -2.19. The molecule has 3 rings (SSSR count). The molecule has 1 aliphatic heterocycles. The first kappa shape index (κ1) is 17.1. The number of nitrogens with zero attached hydrogens (tertiary/aromatic N) is 3. The lowest BCUT2D eigenvalue weighted by Crippen LogP contribution is -2.16. The van der Waals surface area contributed by atoms with Crippen molar-refractivity contribution in [3.05, 3.63) is 29.4 Å². The van der Waals surface area contributed by atoms with E-state index >= 15 is 0 Å². The second kappa shape index (κ2) is 7.04. The largest absolute Gasteiger partial charge is 0.381 e. The highest BCUT2D eigenvalue weighted by Crippen LogP contribution is 2.30. The van der Waals surface area contributed by atoms with E-state index in [-0.39, 0.29) is 4.90 Å². The lowest BCUT2D eigenvalue weighted by atomic mass is 9.98. The molecule has 0 spiro atoms. The molecule has 0 saturated carbocycles. The Labute approximate surface area is 145 Å². The number of thiazole rings is 1. The predicted molar refractivity (Wildman–Crippen MR) is 94.3 cm³/mol. The third-order valence-electron chi connectivity index (χ3n) is 3.87. The van der Waals surface area contributed by atoms with E-state index < -0.39 is 10.0 Å². The molecule has 0 unspecified atom stereocenters. The minimum Gasteiger partial charge on any atom is -0.381 e. The maximum atomic E-state index is 12.5. The van der Waals surface area contributed by atoms with Crippen molar-refractivity contribution in [1.29, 1.82) is 0 Å². The Hall–Kier alpha value is -1.71. The summed E-state index contributed by atoms with van der Waals surface area (Å²) in [6.07, 6.45) is 3.20. The second-order valence-electron chi connectivity index (χ2n) is 5.82. The maximum Gasteiger partial charge on any atom is 0.265 e. The molecule has 130 valence electrons. The normalized spacial score (nSPS) is 16.1. The summed E-state index contributed by atoms with van der Waals surface area (Å²) < 4.78 is 32.8. The molecular weight excluding hydrogens is 348 g/mol. The van der Waals surface area contributed by atoms with Gasteiger partial charge in [-0.25, -0.2) is 18.4 Å². The maximum absolute atomic E-state index is 12.5. The van der Waals surface area contributed by atoms with E-state index in [1.54, 1.807) is 6.07 Å². The van der Waals surface area contributed by atoms with E-state index in [1.165, 1.54) is 23.6 Å². The van der Waals surface area contributed by atoms with Gasteiger partial charge in [0.05, 0.1) is 5.69 Å². The molecule has 24 heavy (non-hydrogen) atoms. The fraction of sp³-hybridized carbons (Fsp3) is 0.467. The minimum atomic E-state index is -3.68. The molecule has 3 heterocycles. The van der Waals surface area contributed by atoms with Gasteiger partial charge < -0.3 is 9.64 Å². The molecule has 1 N–H and O–H groups in total. The average molecular weight is 368 g/mol. The zero-order chi connectivity index (χ0) is 17.2. The molecule has 1 fully saturated rings. The van der Waals surface area contributed by atoms with Gasteiger partial charge in [0, 0.05) is 44.8 Å². The van der Waals surface area contributed by atoms with Crippen molar-refractivity contribution in [2.75, 3.05) is 36.9 Å². The molecule has 2 aromatic rings. The van der Waals surface area contributed by atoms with E-state index in [2.05, 4.69) is 14.7 Å². The third-order valence-corrected chi connectivity index (χ3v) is 6.10. The first-order valence-electron chi connectivity index (χ1n) is 7.65. The Balaban J connectivity index is 1.73. The van der Waals surface area contributed by atoms with Crippen LogP contribution in [-0.2, 0) is 14.8 Å².